The maximum absolute atomic E-state index is 11.4. The highest BCUT2D eigenvalue weighted by Crippen LogP contribution is 2.12. The first-order valence-electron chi connectivity index (χ1n) is 6.68. The Morgan fingerprint density at radius 2 is 1.73 bits per heavy atom. The van der Waals surface area contributed by atoms with E-state index >= 15 is 0 Å². The summed E-state index contributed by atoms with van der Waals surface area (Å²) in [7, 11) is 0. The zero-order chi connectivity index (χ0) is 15.9. The summed E-state index contributed by atoms with van der Waals surface area (Å²) in [5.41, 5.74) is 1.58. The minimum Gasteiger partial charge on any atom is -0.508 e. The van der Waals surface area contributed by atoms with Gasteiger partial charge in [-0.25, -0.2) is 4.79 Å². The molecule has 4 N–H and O–H groups in total. The van der Waals surface area contributed by atoms with Crippen LogP contribution in [-0.2, 0) is 11.2 Å². The predicted molar refractivity (Wildman–Crippen MR) is 89.0 cm³/mol. The van der Waals surface area contributed by atoms with Crippen molar-refractivity contribution in [1.29, 1.82) is 0 Å². The highest BCUT2D eigenvalue weighted by atomic mass is 32.1. The summed E-state index contributed by atoms with van der Waals surface area (Å²) in [6, 6.07) is 14.8. The van der Waals surface area contributed by atoms with Crippen molar-refractivity contribution in [3.05, 3.63) is 60.2 Å². The van der Waals surface area contributed by atoms with Gasteiger partial charge in [0.1, 0.15) is 11.8 Å². The lowest BCUT2D eigenvalue weighted by atomic mass is 10.1. The van der Waals surface area contributed by atoms with E-state index in [0.717, 1.165) is 11.3 Å². The normalized spacial score (nSPS) is 11.5. The van der Waals surface area contributed by atoms with Crippen LogP contribution in [-0.4, -0.2) is 27.3 Å². The molecule has 2 aromatic rings. The van der Waals surface area contributed by atoms with Crippen LogP contribution in [0, 0.1) is 0 Å². The van der Waals surface area contributed by atoms with Crippen LogP contribution < -0.4 is 10.6 Å². The Balaban J connectivity index is 1.98. The van der Waals surface area contributed by atoms with Crippen LogP contribution >= 0.6 is 12.2 Å². The Bertz CT molecular complexity index is 644. The van der Waals surface area contributed by atoms with Crippen LogP contribution in [0.3, 0.4) is 0 Å². The number of hydrogen-bond donors (Lipinski definition) is 4. The van der Waals surface area contributed by atoms with Crippen molar-refractivity contribution in [2.24, 2.45) is 0 Å². The molecule has 6 heteroatoms. The molecule has 2 rings (SSSR count). The number of benzene rings is 2. The Morgan fingerprint density at radius 1 is 1.09 bits per heavy atom. The summed E-state index contributed by atoms with van der Waals surface area (Å²) < 4.78 is 0. The average molecular weight is 316 g/mol. The van der Waals surface area contributed by atoms with Crippen LogP contribution in [0.1, 0.15) is 5.56 Å². The molecule has 0 heterocycles. The topological polar surface area (TPSA) is 81.6 Å². The molecule has 0 saturated heterocycles. The van der Waals surface area contributed by atoms with E-state index in [1.54, 1.807) is 12.1 Å². The molecule has 2 aromatic carbocycles. The number of rotatable bonds is 5. The van der Waals surface area contributed by atoms with Crippen LogP contribution in [0.5, 0.6) is 5.75 Å². The molecular formula is C16H16N2O3S. The summed E-state index contributed by atoms with van der Waals surface area (Å²) in [4.78, 5) is 11.4. The van der Waals surface area contributed by atoms with Crippen molar-refractivity contribution >= 4 is 29.0 Å². The zero-order valence-corrected chi connectivity index (χ0v) is 12.5. The minimum atomic E-state index is -0.995. The van der Waals surface area contributed by atoms with Crippen molar-refractivity contribution in [1.82, 2.24) is 5.32 Å². The fourth-order valence-corrected chi connectivity index (χ4v) is 2.17. The van der Waals surface area contributed by atoms with Gasteiger partial charge in [-0.1, -0.05) is 30.3 Å². The van der Waals surface area contributed by atoms with E-state index in [4.69, 9.17) is 12.2 Å². The van der Waals surface area contributed by atoms with E-state index in [1.165, 1.54) is 12.1 Å². The number of para-hydroxylation sites is 1. The molecule has 0 saturated carbocycles. The Labute approximate surface area is 133 Å². The van der Waals surface area contributed by atoms with E-state index in [2.05, 4.69) is 10.6 Å². The van der Waals surface area contributed by atoms with Crippen molar-refractivity contribution < 1.29 is 15.0 Å². The van der Waals surface area contributed by atoms with E-state index in [1.807, 2.05) is 30.3 Å². The summed E-state index contributed by atoms with van der Waals surface area (Å²) in [6.45, 7) is 0. The highest BCUT2D eigenvalue weighted by molar-refractivity contribution is 7.80. The second kappa shape index (κ2) is 7.42. The number of nitrogens with one attached hydrogen (secondary N) is 2. The summed E-state index contributed by atoms with van der Waals surface area (Å²) >= 11 is 5.14. The maximum atomic E-state index is 11.4. The Morgan fingerprint density at radius 3 is 2.32 bits per heavy atom. The molecule has 0 spiro atoms. The van der Waals surface area contributed by atoms with Crippen LogP contribution in [0.15, 0.2) is 54.6 Å². The van der Waals surface area contributed by atoms with Crippen molar-refractivity contribution in [2.45, 2.75) is 12.5 Å². The van der Waals surface area contributed by atoms with E-state index in [9.17, 15) is 15.0 Å². The smallest absolute Gasteiger partial charge is 0.326 e. The van der Waals surface area contributed by atoms with Crippen molar-refractivity contribution in [3.8, 4) is 5.75 Å². The molecule has 114 valence electrons. The lowest BCUT2D eigenvalue weighted by Gasteiger charge is -2.17. The predicted octanol–water partition coefficient (Wildman–Crippen LogP) is 2.37. The van der Waals surface area contributed by atoms with Gasteiger partial charge in [0.2, 0.25) is 0 Å². The molecule has 0 aliphatic rings. The summed E-state index contributed by atoms with van der Waals surface area (Å²) in [6.07, 6.45) is 0.256. The molecule has 0 aliphatic carbocycles. The number of aliphatic carboxylic acids is 1. The van der Waals surface area contributed by atoms with Crippen LogP contribution in [0.25, 0.3) is 0 Å². The molecule has 0 bridgehead atoms. The number of aromatic hydroxyl groups is 1. The molecule has 0 unspecified atom stereocenters. The Kier molecular flexibility index (Phi) is 5.32. The van der Waals surface area contributed by atoms with Gasteiger partial charge in [-0.3, -0.25) is 0 Å². The first kappa shape index (κ1) is 15.8. The van der Waals surface area contributed by atoms with Gasteiger partial charge < -0.3 is 20.8 Å². The fourth-order valence-electron chi connectivity index (χ4n) is 1.91. The lowest BCUT2D eigenvalue weighted by Crippen LogP contribution is -2.44. The lowest BCUT2D eigenvalue weighted by molar-refractivity contribution is -0.139. The van der Waals surface area contributed by atoms with Gasteiger partial charge in [0.05, 0.1) is 0 Å². The highest BCUT2D eigenvalue weighted by Gasteiger charge is 2.19. The van der Waals surface area contributed by atoms with Crippen LogP contribution in [0.4, 0.5) is 5.69 Å². The zero-order valence-electron chi connectivity index (χ0n) is 11.7. The standard InChI is InChI=1S/C16H16N2O3S/c19-13-8-6-11(7-9-13)10-14(15(20)21)18-16(22)17-12-4-2-1-3-5-12/h1-9,14,19H,10H2,(H,20,21)(H2,17,18,22)/t14-/m0/s1. The molecular weight excluding hydrogens is 300 g/mol. The average Bonchev–Trinajstić information content (AvgIpc) is 2.49. The third-order valence-corrected chi connectivity index (χ3v) is 3.23. The number of carboxylic acid groups (broad SMARTS) is 1. The molecule has 0 aliphatic heterocycles. The van der Waals surface area contributed by atoms with Gasteiger partial charge >= 0.3 is 5.97 Å². The number of thiocarbonyl (C=S) groups is 1. The van der Waals surface area contributed by atoms with E-state index < -0.39 is 12.0 Å². The Hall–Kier alpha value is -2.60. The maximum Gasteiger partial charge on any atom is 0.326 e. The third kappa shape index (κ3) is 4.75. The molecule has 0 radical (unpaired) electrons. The monoisotopic (exact) mass is 316 g/mol. The van der Waals surface area contributed by atoms with E-state index in [0.29, 0.717) is 0 Å². The van der Waals surface area contributed by atoms with Gasteiger partial charge in [0.25, 0.3) is 0 Å². The van der Waals surface area contributed by atoms with Gasteiger partial charge in [0.15, 0.2) is 5.11 Å². The van der Waals surface area contributed by atoms with Gasteiger partial charge in [-0.2, -0.15) is 0 Å². The molecule has 5 nitrogen and oxygen atoms in total. The third-order valence-electron chi connectivity index (χ3n) is 3.01. The minimum absolute atomic E-state index is 0.143. The van der Waals surface area contributed by atoms with Gasteiger partial charge in [-0.05, 0) is 42.0 Å². The number of carboxylic acids is 1. The molecule has 22 heavy (non-hydrogen) atoms. The second-order valence-corrected chi connectivity index (χ2v) is 5.13. The van der Waals surface area contributed by atoms with Crippen molar-refractivity contribution in [3.63, 3.8) is 0 Å². The summed E-state index contributed by atoms with van der Waals surface area (Å²) in [5, 5.41) is 24.5. The number of carbonyl (C=O) groups is 1. The molecule has 0 aromatic heterocycles. The van der Waals surface area contributed by atoms with Crippen molar-refractivity contribution in [2.75, 3.05) is 5.32 Å². The second-order valence-electron chi connectivity index (χ2n) is 4.73. The number of phenols is 1. The van der Waals surface area contributed by atoms with Crippen LogP contribution in [0.2, 0.25) is 0 Å². The quantitative estimate of drug-likeness (QED) is 0.634. The van der Waals surface area contributed by atoms with Gasteiger partial charge in [0, 0.05) is 12.1 Å². The number of anilines is 1. The van der Waals surface area contributed by atoms with Gasteiger partial charge in [-0.15, -0.1) is 0 Å². The fraction of sp³-hybridized carbons (Fsp3) is 0.125. The molecule has 1 atom stereocenters. The largest absolute Gasteiger partial charge is 0.508 e. The summed E-state index contributed by atoms with van der Waals surface area (Å²) in [5.74, 6) is -0.852. The first-order valence-corrected chi connectivity index (χ1v) is 7.08. The SMILES string of the molecule is O=C(O)[C@H](Cc1ccc(O)cc1)NC(=S)Nc1ccccc1. The molecule has 0 fully saturated rings. The number of hydrogen-bond acceptors (Lipinski definition) is 3. The number of phenolic OH excluding ortho intramolecular Hbond substituents is 1. The molecule has 0 amide bonds. The first-order chi connectivity index (χ1) is 10.5. The van der Waals surface area contributed by atoms with E-state index in [-0.39, 0.29) is 17.3 Å².